The lowest BCUT2D eigenvalue weighted by Crippen LogP contribution is -2.01. The Bertz CT molecular complexity index is 136. The van der Waals surface area contributed by atoms with E-state index in [1.165, 1.54) is 6.92 Å². The van der Waals surface area contributed by atoms with E-state index in [1.54, 1.807) is 0 Å². The van der Waals surface area contributed by atoms with Gasteiger partial charge in [0.2, 0.25) is 0 Å². The molecule has 0 amide bonds. The van der Waals surface area contributed by atoms with Crippen molar-refractivity contribution in [3.05, 3.63) is 11.8 Å². The van der Waals surface area contributed by atoms with E-state index in [4.69, 9.17) is 4.74 Å². The van der Waals surface area contributed by atoms with E-state index in [0.717, 1.165) is 12.2 Å². The average Bonchev–Trinajstić information content (AvgIpc) is 1.85. The summed E-state index contributed by atoms with van der Waals surface area (Å²) >= 11 is 0. The zero-order valence-electron chi connectivity index (χ0n) is 6.81. The highest BCUT2D eigenvalue weighted by Gasteiger charge is 1.92. The van der Waals surface area contributed by atoms with Crippen LogP contribution in [0.3, 0.4) is 0 Å². The monoisotopic (exact) mass is 142 g/mol. The van der Waals surface area contributed by atoms with Crippen molar-refractivity contribution in [2.45, 2.75) is 27.2 Å². The standard InChI is InChI=1S/C8H14O2/c1-4-5-8(3)10-6-7(2)9/h5H,4,6H2,1-3H3/b8-5+. The number of carbonyl (C=O) groups excluding carboxylic acids is 1. The van der Waals surface area contributed by atoms with Crippen molar-refractivity contribution < 1.29 is 9.53 Å². The van der Waals surface area contributed by atoms with Gasteiger partial charge in [0.05, 0.1) is 5.76 Å². The van der Waals surface area contributed by atoms with Gasteiger partial charge in [0.15, 0.2) is 5.78 Å². The summed E-state index contributed by atoms with van der Waals surface area (Å²) < 4.78 is 5.06. The van der Waals surface area contributed by atoms with Gasteiger partial charge in [-0.05, 0) is 26.3 Å². The van der Waals surface area contributed by atoms with Crippen molar-refractivity contribution in [3.63, 3.8) is 0 Å². The minimum Gasteiger partial charge on any atom is -0.491 e. The Kier molecular flexibility index (Phi) is 4.63. The zero-order valence-corrected chi connectivity index (χ0v) is 6.81. The molecule has 0 spiro atoms. The van der Waals surface area contributed by atoms with Gasteiger partial charge < -0.3 is 4.74 Å². The Morgan fingerprint density at radius 1 is 1.50 bits per heavy atom. The third kappa shape index (κ3) is 5.35. The van der Waals surface area contributed by atoms with E-state index in [0.29, 0.717) is 0 Å². The maximum absolute atomic E-state index is 10.4. The number of ether oxygens (including phenoxy) is 1. The lowest BCUT2D eigenvalue weighted by molar-refractivity contribution is -0.120. The molecule has 0 fully saturated rings. The fraction of sp³-hybridized carbons (Fsp3) is 0.625. The normalized spacial score (nSPS) is 11.3. The molecule has 0 aromatic heterocycles. The van der Waals surface area contributed by atoms with Crippen LogP contribution in [0.25, 0.3) is 0 Å². The summed E-state index contributed by atoms with van der Waals surface area (Å²) in [7, 11) is 0. The SMILES string of the molecule is CC/C=C(\C)OCC(C)=O. The number of carbonyl (C=O) groups is 1. The molecule has 0 atom stereocenters. The first kappa shape index (κ1) is 9.21. The molecule has 0 heterocycles. The Morgan fingerprint density at radius 3 is 2.50 bits per heavy atom. The van der Waals surface area contributed by atoms with E-state index in [-0.39, 0.29) is 12.4 Å². The highest BCUT2D eigenvalue weighted by molar-refractivity contribution is 5.76. The number of ketones is 1. The van der Waals surface area contributed by atoms with Gasteiger partial charge in [-0.2, -0.15) is 0 Å². The number of rotatable bonds is 4. The molecular weight excluding hydrogens is 128 g/mol. The molecule has 2 heteroatoms. The summed E-state index contributed by atoms with van der Waals surface area (Å²) in [5, 5.41) is 0. The molecule has 0 rings (SSSR count). The number of hydrogen-bond donors (Lipinski definition) is 0. The molecular formula is C8H14O2. The van der Waals surface area contributed by atoms with Crippen LogP contribution in [0, 0.1) is 0 Å². The molecule has 10 heavy (non-hydrogen) atoms. The van der Waals surface area contributed by atoms with E-state index < -0.39 is 0 Å². The Balaban J connectivity index is 3.48. The van der Waals surface area contributed by atoms with Crippen molar-refractivity contribution in [3.8, 4) is 0 Å². The van der Waals surface area contributed by atoms with Crippen LogP contribution in [0.5, 0.6) is 0 Å². The quantitative estimate of drug-likeness (QED) is 0.560. The van der Waals surface area contributed by atoms with Crippen LogP contribution in [0.4, 0.5) is 0 Å². The summed E-state index contributed by atoms with van der Waals surface area (Å²) in [5.41, 5.74) is 0. The molecule has 0 aliphatic rings. The molecule has 0 aliphatic heterocycles. The molecule has 2 nitrogen and oxygen atoms in total. The van der Waals surface area contributed by atoms with Gasteiger partial charge in [-0.25, -0.2) is 0 Å². The predicted molar refractivity (Wildman–Crippen MR) is 40.7 cm³/mol. The highest BCUT2D eigenvalue weighted by atomic mass is 16.5. The lowest BCUT2D eigenvalue weighted by atomic mass is 10.4. The van der Waals surface area contributed by atoms with E-state index in [9.17, 15) is 4.79 Å². The van der Waals surface area contributed by atoms with Crippen molar-refractivity contribution in [1.29, 1.82) is 0 Å². The third-order valence-corrected chi connectivity index (χ3v) is 0.995. The van der Waals surface area contributed by atoms with Gasteiger partial charge in [0.25, 0.3) is 0 Å². The second kappa shape index (κ2) is 5.03. The number of Topliss-reactive ketones (excluding diaryl/α,β-unsaturated/α-hetero) is 1. The lowest BCUT2D eigenvalue weighted by Gasteiger charge is -2.01. The number of allylic oxidation sites excluding steroid dienone is 2. The van der Waals surface area contributed by atoms with Gasteiger partial charge in [0, 0.05) is 0 Å². The molecule has 0 saturated carbocycles. The number of hydrogen-bond acceptors (Lipinski definition) is 2. The van der Waals surface area contributed by atoms with Gasteiger partial charge >= 0.3 is 0 Å². The van der Waals surface area contributed by atoms with Crippen LogP contribution < -0.4 is 0 Å². The average molecular weight is 142 g/mol. The molecule has 0 bridgehead atoms. The fourth-order valence-electron chi connectivity index (χ4n) is 0.562. The third-order valence-electron chi connectivity index (χ3n) is 0.995. The zero-order chi connectivity index (χ0) is 7.98. The van der Waals surface area contributed by atoms with Crippen molar-refractivity contribution in [2.75, 3.05) is 6.61 Å². The Labute approximate surface area is 61.9 Å². The summed E-state index contributed by atoms with van der Waals surface area (Å²) in [6.45, 7) is 5.59. The van der Waals surface area contributed by atoms with Crippen LogP contribution in [-0.2, 0) is 9.53 Å². The molecule has 0 unspecified atom stereocenters. The van der Waals surface area contributed by atoms with E-state index in [2.05, 4.69) is 0 Å². The van der Waals surface area contributed by atoms with Crippen molar-refractivity contribution in [1.82, 2.24) is 0 Å². The van der Waals surface area contributed by atoms with Gasteiger partial charge in [0.1, 0.15) is 6.61 Å². The van der Waals surface area contributed by atoms with E-state index >= 15 is 0 Å². The van der Waals surface area contributed by atoms with Crippen LogP contribution >= 0.6 is 0 Å². The molecule has 0 saturated heterocycles. The molecule has 0 aromatic rings. The van der Waals surface area contributed by atoms with Crippen LogP contribution in [0.2, 0.25) is 0 Å². The summed E-state index contributed by atoms with van der Waals surface area (Å²) in [6.07, 6.45) is 2.90. The van der Waals surface area contributed by atoms with Gasteiger partial charge in [-0.1, -0.05) is 6.92 Å². The molecule has 0 radical (unpaired) electrons. The van der Waals surface area contributed by atoms with Crippen LogP contribution in [-0.4, -0.2) is 12.4 Å². The maximum atomic E-state index is 10.4. The summed E-state index contributed by atoms with van der Waals surface area (Å²) in [6, 6.07) is 0. The first-order valence-electron chi connectivity index (χ1n) is 3.45. The Morgan fingerprint density at radius 2 is 2.10 bits per heavy atom. The van der Waals surface area contributed by atoms with Crippen molar-refractivity contribution >= 4 is 5.78 Å². The van der Waals surface area contributed by atoms with Crippen LogP contribution in [0.15, 0.2) is 11.8 Å². The van der Waals surface area contributed by atoms with Gasteiger partial charge in [-0.3, -0.25) is 4.79 Å². The highest BCUT2D eigenvalue weighted by Crippen LogP contribution is 1.96. The minimum atomic E-state index is 0.0591. The second-order valence-electron chi connectivity index (χ2n) is 2.21. The smallest absolute Gasteiger partial charge is 0.167 e. The maximum Gasteiger partial charge on any atom is 0.167 e. The Hall–Kier alpha value is -0.790. The van der Waals surface area contributed by atoms with Crippen molar-refractivity contribution in [2.24, 2.45) is 0 Å². The van der Waals surface area contributed by atoms with E-state index in [1.807, 2.05) is 19.9 Å². The van der Waals surface area contributed by atoms with Crippen LogP contribution in [0.1, 0.15) is 27.2 Å². The molecule has 0 aliphatic carbocycles. The van der Waals surface area contributed by atoms with Gasteiger partial charge in [-0.15, -0.1) is 0 Å². The molecule has 58 valence electrons. The molecule has 0 aromatic carbocycles. The predicted octanol–water partition coefficient (Wildman–Crippen LogP) is 1.91. The summed E-state index contributed by atoms with van der Waals surface area (Å²) in [4.78, 5) is 10.4. The first-order chi connectivity index (χ1) is 4.66. The fourth-order valence-corrected chi connectivity index (χ4v) is 0.562. The second-order valence-corrected chi connectivity index (χ2v) is 2.21. The summed E-state index contributed by atoms with van der Waals surface area (Å²) in [5.74, 6) is 0.890. The largest absolute Gasteiger partial charge is 0.491 e. The minimum absolute atomic E-state index is 0.0591. The molecule has 0 N–H and O–H groups in total. The topological polar surface area (TPSA) is 26.3 Å². The first-order valence-corrected chi connectivity index (χ1v) is 3.45.